The molecule has 184 valence electrons. The van der Waals surface area contributed by atoms with Crippen LogP contribution in [-0.2, 0) is 23.9 Å². The molecule has 3 aliphatic rings. The standard InChI is InChI=1S/C25H38N2O6/c1-4-7-9-14-26(13-6-3)23(30)21-25-12-11-18(33-25)19(24(31)32-17-10-8-5-2)20(25)22(29)27(21)15-16-28/h5-6,18-21,28H,2-4,7-17H2,1H3/t18-,19+,20-,21?,25?/m0/s1. The SMILES string of the molecule is C=CCCCOC(=O)[C@@H]1[C@@H]2CCC3(O2)C(C(=O)N(CC=C)CCCCC)N(CCO)C(=O)[C@H]13. The average molecular weight is 463 g/mol. The van der Waals surface area contributed by atoms with E-state index in [9.17, 15) is 19.5 Å². The van der Waals surface area contributed by atoms with Crippen molar-refractivity contribution in [2.24, 2.45) is 11.8 Å². The Bertz CT molecular complexity index is 755. The highest BCUT2D eigenvalue weighted by Gasteiger charge is 2.75. The van der Waals surface area contributed by atoms with Gasteiger partial charge in [-0.05, 0) is 32.1 Å². The number of likely N-dealkylation sites (tertiary alicyclic amines) is 1. The summed E-state index contributed by atoms with van der Waals surface area (Å²) in [5.74, 6) is -2.42. The number of rotatable bonds is 14. The summed E-state index contributed by atoms with van der Waals surface area (Å²) < 4.78 is 11.8. The second-order valence-electron chi connectivity index (χ2n) is 9.19. The van der Waals surface area contributed by atoms with Crippen LogP contribution in [0.25, 0.3) is 0 Å². The van der Waals surface area contributed by atoms with Crippen LogP contribution < -0.4 is 0 Å². The van der Waals surface area contributed by atoms with E-state index in [2.05, 4.69) is 20.1 Å². The molecule has 0 saturated carbocycles. The van der Waals surface area contributed by atoms with E-state index >= 15 is 0 Å². The van der Waals surface area contributed by atoms with Crippen molar-refractivity contribution in [3.8, 4) is 0 Å². The summed E-state index contributed by atoms with van der Waals surface area (Å²) in [7, 11) is 0. The van der Waals surface area contributed by atoms with Crippen molar-refractivity contribution in [1.82, 2.24) is 9.80 Å². The molecule has 3 rings (SSSR count). The predicted molar refractivity (Wildman–Crippen MR) is 123 cm³/mol. The minimum Gasteiger partial charge on any atom is -0.465 e. The van der Waals surface area contributed by atoms with E-state index < -0.39 is 35.6 Å². The summed E-state index contributed by atoms with van der Waals surface area (Å²) in [6.45, 7) is 10.5. The molecule has 0 aliphatic carbocycles. The normalized spacial score (nSPS) is 29.8. The second kappa shape index (κ2) is 11.3. The lowest BCUT2D eigenvalue weighted by Gasteiger charge is -2.36. The molecule has 33 heavy (non-hydrogen) atoms. The lowest BCUT2D eigenvalue weighted by molar-refractivity contribution is -0.155. The van der Waals surface area contributed by atoms with Gasteiger partial charge in [0.05, 0.1) is 31.2 Å². The Kier molecular flexibility index (Phi) is 8.70. The Morgan fingerprint density at radius 3 is 2.76 bits per heavy atom. The summed E-state index contributed by atoms with van der Waals surface area (Å²) in [4.78, 5) is 43.5. The fourth-order valence-electron chi connectivity index (χ4n) is 5.72. The first-order chi connectivity index (χ1) is 16.0. The number of fused-ring (bicyclic) bond motifs is 1. The fourth-order valence-corrected chi connectivity index (χ4v) is 5.72. The molecule has 2 bridgehead atoms. The zero-order valence-electron chi connectivity index (χ0n) is 19.7. The number of amides is 2. The molecule has 0 aromatic carbocycles. The third-order valence-corrected chi connectivity index (χ3v) is 7.14. The van der Waals surface area contributed by atoms with Crippen LogP contribution in [0.3, 0.4) is 0 Å². The molecule has 3 fully saturated rings. The number of carbonyl (C=O) groups excluding carboxylic acids is 3. The maximum atomic E-state index is 13.8. The van der Waals surface area contributed by atoms with Gasteiger partial charge in [0.25, 0.3) is 0 Å². The number of hydrogen-bond donors (Lipinski definition) is 1. The predicted octanol–water partition coefficient (Wildman–Crippen LogP) is 2.07. The smallest absolute Gasteiger partial charge is 0.312 e. The number of nitrogens with zero attached hydrogens (tertiary/aromatic N) is 2. The van der Waals surface area contributed by atoms with Crippen LogP contribution in [0.2, 0.25) is 0 Å². The van der Waals surface area contributed by atoms with E-state index in [0.29, 0.717) is 32.4 Å². The van der Waals surface area contributed by atoms with E-state index in [1.54, 1.807) is 17.1 Å². The minimum absolute atomic E-state index is 0.0273. The van der Waals surface area contributed by atoms with Crippen molar-refractivity contribution in [3.63, 3.8) is 0 Å². The van der Waals surface area contributed by atoms with Gasteiger partial charge in [0.15, 0.2) is 0 Å². The first kappa shape index (κ1) is 25.4. The van der Waals surface area contributed by atoms with Gasteiger partial charge in [-0.1, -0.05) is 31.9 Å². The van der Waals surface area contributed by atoms with E-state index in [1.807, 2.05) is 0 Å². The van der Waals surface area contributed by atoms with Gasteiger partial charge in [-0.3, -0.25) is 14.4 Å². The van der Waals surface area contributed by atoms with Crippen molar-refractivity contribution in [1.29, 1.82) is 0 Å². The Labute approximate surface area is 196 Å². The van der Waals surface area contributed by atoms with Gasteiger partial charge in [0, 0.05) is 19.6 Å². The maximum absolute atomic E-state index is 13.8. The van der Waals surface area contributed by atoms with E-state index in [1.165, 1.54) is 4.90 Å². The van der Waals surface area contributed by atoms with Gasteiger partial charge in [0.2, 0.25) is 11.8 Å². The molecule has 0 aromatic rings. The molecule has 8 nitrogen and oxygen atoms in total. The molecule has 3 aliphatic heterocycles. The Morgan fingerprint density at radius 1 is 1.30 bits per heavy atom. The second-order valence-corrected chi connectivity index (χ2v) is 9.19. The van der Waals surface area contributed by atoms with Crippen molar-refractivity contribution in [2.75, 3.05) is 32.8 Å². The van der Waals surface area contributed by atoms with Gasteiger partial charge in [0.1, 0.15) is 11.6 Å². The van der Waals surface area contributed by atoms with Gasteiger partial charge >= 0.3 is 5.97 Å². The highest BCUT2D eigenvalue weighted by atomic mass is 16.6. The quantitative estimate of drug-likeness (QED) is 0.241. The molecule has 1 N–H and O–H groups in total. The Hall–Kier alpha value is -2.19. The van der Waals surface area contributed by atoms with Crippen LogP contribution in [0, 0.1) is 11.8 Å². The van der Waals surface area contributed by atoms with Crippen LogP contribution in [0.4, 0.5) is 0 Å². The summed E-state index contributed by atoms with van der Waals surface area (Å²) in [5, 5.41) is 9.66. The first-order valence-corrected chi connectivity index (χ1v) is 12.2. The zero-order chi connectivity index (χ0) is 24.0. The summed E-state index contributed by atoms with van der Waals surface area (Å²) in [5.41, 5.74) is -1.05. The lowest BCUT2D eigenvalue weighted by Crippen LogP contribution is -2.56. The molecular weight excluding hydrogens is 424 g/mol. The van der Waals surface area contributed by atoms with Gasteiger partial charge in [-0.15, -0.1) is 13.2 Å². The van der Waals surface area contributed by atoms with E-state index in [4.69, 9.17) is 9.47 Å². The van der Waals surface area contributed by atoms with Gasteiger partial charge < -0.3 is 24.4 Å². The van der Waals surface area contributed by atoms with Crippen LogP contribution in [0.15, 0.2) is 25.3 Å². The molecule has 0 radical (unpaired) electrons. The van der Waals surface area contributed by atoms with E-state index in [0.717, 1.165) is 25.7 Å². The number of ether oxygens (including phenoxy) is 2. The van der Waals surface area contributed by atoms with E-state index in [-0.39, 0.29) is 31.6 Å². The molecule has 5 atom stereocenters. The highest BCUT2D eigenvalue weighted by molar-refractivity contribution is 5.98. The monoisotopic (exact) mass is 462 g/mol. The average Bonchev–Trinajstić information content (AvgIpc) is 3.44. The van der Waals surface area contributed by atoms with Crippen molar-refractivity contribution in [2.45, 2.75) is 69.6 Å². The molecule has 3 saturated heterocycles. The van der Waals surface area contributed by atoms with Gasteiger partial charge in [-0.2, -0.15) is 0 Å². The third-order valence-electron chi connectivity index (χ3n) is 7.14. The molecule has 2 amide bonds. The number of β-amino-alcohol motifs (C(OH)–C–C–N with tert-alkyl or cyclic N) is 1. The molecule has 1 spiro atoms. The Morgan fingerprint density at radius 2 is 2.09 bits per heavy atom. The largest absolute Gasteiger partial charge is 0.465 e. The molecule has 8 heteroatoms. The molecule has 2 unspecified atom stereocenters. The number of esters is 1. The van der Waals surface area contributed by atoms with Crippen LogP contribution in [0.1, 0.15) is 51.9 Å². The van der Waals surface area contributed by atoms with Crippen molar-refractivity contribution >= 4 is 17.8 Å². The van der Waals surface area contributed by atoms with Gasteiger partial charge in [-0.25, -0.2) is 0 Å². The summed E-state index contributed by atoms with van der Waals surface area (Å²) in [6, 6.07) is -0.854. The fraction of sp³-hybridized carbons (Fsp3) is 0.720. The van der Waals surface area contributed by atoms with Crippen molar-refractivity contribution < 1.29 is 29.0 Å². The van der Waals surface area contributed by atoms with Crippen molar-refractivity contribution in [3.05, 3.63) is 25.3 Å². The lowest BCUT2D eigenvalue weighted by atomic mass is 9.70. The minimum atomic E-state index is -1.05. The molecule has 3 heterocycles. The number of aliphatic hydroxyl groups excluding tert-OH is 1. The summed E-state index contributed by atoms with van der Waals surface area (Å²) in [6.07, 6.45) is 8.45. The topological polar surface area (TPSA) is 96.4 Å². The van der Waals surface area contributed by atoms with Crippen LogP contribution in [-0.4, -0.2) is 83.3 Å². The summed E-state index contributed by atoms with van der Waals surface area (Å²) >= 11 is 0. The van der Waals surface area contributed by atoms with Crippen LogP contribution in [0.5, 0.6) is 0 Å². The number of unbranched alkanes of at least 4 members (excludes halogenated alkanes) is 3. The highest BCUT2D eigenvalue weighted by Crippen LogP contribution is 2.58. The molecule has 0 aromatic heterocycles. The Balaban J connectivity index is 1.86. The number of carbonyl (C=O) groups is 3. The maximum Gasteiger partial charge on any atom is 0.312 e. The first-order valence-electron chi connectivity index (χ1n) is 12.2. The zero-order valence-corrected chi connectivity index (χ0v) is 19.7. The number of aliphatic hydroxyl groups is 1. The van der Waals surface area contributed by atoms with Crippen LogP contribution >= 0.6 is 0 Å². The molecular formula is C25H38N2O6. The third kappa shape index (κ3) is 4.73. The number of hydrogen-bond acceptors (Lipinski definition) is 6. The number of allylic oxidation sites excluding steroid dienone is 1.